The lowest BCUT2D eigenvalue weighted by Gasteiger charge is -2.33. The highest BCUT2D eigenvalue weighted by atomic mass is 19.1. The Morgan fingerprint density at radius 1 is 1.06 bits per heavy atom. The molecule has 3 aromatic rings. The standard InChI is InChI=1S/C28H30FN3O3/c1-19-14-15-22(18-24(19)29)32(28(34)25-13-6-7-16-30-25)26(20-9-8-12-23(17-20)35-2)27(33)31-21-10-4-3-5-11-21/h6-9,12-18,21,26H,3-5,10-11H2,1-2H3,(H,31,33)/t26-/m0/s1. The molecular weight excluding hydrogens is 445 g/mol. The van der Waals surface area contributed by atoms with Gasteiger partial charge in [0.15, 0.2) is 0 Å². The molecule has 0 aliphatic heterocycles. The van der Waals surface area contributed by atoms with Crippen LogP contribution in [0.3, 0.4) is 0 Å². The van der Waals surface area contributed by atoms with Crippen LogP contribution in [0.1, 0.15) is 59.8 Å². The van der Waals surface area contributed by atoms with E-state index in [1.807, 2.05) is 0 Å². The van der Waals surface area contributed by atoms with Gasteiger partial charge in [0.1, 0.15) is 23.3 Å². The Morgan fingerprint density at radius 3 is 2.54 bits per heavy atom. The number of rotatable bonds is 7. The van der Waals surface area contributed by atoms with Gasteiger partial charge in [0.25, 0.3) is 5.91 Å². The third-order valence-corrected chi connectivity index (χ3v) is 6.40. The largest absolute Gasteiger partial charge is 0.497 e. The Hall–Kier alpha value is -3.74. The molecule has 0 spiro atoms. The molecule has 1 aliphatic rings. The Morgan fingerprint density at radius 2 is 1.86 bits per heavy atom. The SMILES string of the molecule is COc1cccc([C@@H](C(=O)NC2CCCCC2)N(C(=O)c2ccccn2)c2ccc(C)c(F)c2)c1. The van der Waals surface area contributed by atoms with Crippen molar-refractivity contribution in [3.63, 3.8) is 0 Å². The van der Waals surface area contributed by atoms with Gasteiger partial charge in [0.2, 0.25) is 5.91 Å². The lowest BCUT2D eigenvalue weighted by Crippen LogP contribution is -2.47. The molecule has 1 saturated carbocycles. The van der Waals surface area contributed by atoms with Gasteiger partial charge in [-0.25, -0.2) is 4.39 Å². The van der Waals surface area contributed by atoms with Crippen LogP contribution in [0.5, 0.6) is 5.75 Å². The van der Waals surface area contributed by atoms with Crippen molar-refractivity contribution in [2.24, 2.45) is 0 Å². The number of nitrogens with one attached hydrogen (secondary N) is 1. The molecule has 2 amide bonds. The molecule has 6 nitrogen and oxygen atoms in total. The first-order valence-electron chi connectivity index (χ1n) is 11.9. The summed E-state index contributed by atoms with van der Waals surface area (Å²) in [6.45, 7) is 1.65. The van der Waals surface area contributed by atoms with E-state index in [0.29, 0.717) is 16.9 Å². The van der Waals surface area contributed by atoms with E-state index >= 15 is 0 Å². The van der Waals surface area contributed by atoms with Crippen LogP contribution in [0, 0.1) is 12.7 Å². The molecule has 0 radical (unpaired) electrons. The fourth-order valence-electron chi connectivity index (χ4n) is 4.48. The van der Waals surface area contributed by atoms with E-state index in [9.17, 15) is 14.0 Å². The van der Waals surface area contributed by atoms with Gasteiger partial charge in [-0.3, -0.25) is 19.5 Å². The highest BCUT2D eigenvalue weighted by molar-refractivity contribution is 6.09. The summed E-state index contributed by atoms with van der Waals surface area (Å²) in [5.41, 5.74) is 1.44. The van der Waals surface area contributed by atoms with Crippen LogP contribution >= 0.6 is 0 Å². The van der Waals surface area contributed by atoms with Crippen LogP contribution in [0.4, 0.5) is 10.1 Å². The number of amides is 2. The minimum absolute atomic E-state index is 0.0333. The summed E-state index contributed by atoms with van der Waals surface area (Å²) >= 11 is 0. The second-order valence-electron chi connectivity index (χ2n) is 8.85. The van der Waals surface area contributed by atoms with Gasteiger partial charge in [-0.15, -0.1) is 0 Å². The second-order valence-corrected chi connectivity index (χ2v) is 8.85. The van der Waals surface area contributed by atoms with Crippen molar-refractivity contribution in [1.82, 2.24) is 10.3 Å². The van der Waals surface area contributed by atoms with Crippen LogP contribution in [0.15, 0.2) is 66.9 Å². The van der Waals surface area contributed by atoms with Crippen molar-refractivity contribution in [2.45, 2.75) is 51.1 Å². The smallest absolute Gasteiger partial charge is 0.277 e. The first kappa shape index (κ1) is 24.4. The number of aryl methyl sites for hydroxylation is 1. The maximum absolute atomic E-state index is 14.7. The van der Waals surface area contributed by atoms with Crippen LogP contribution < -0.4 is 15.0 Å². The van der Waals surface area contributed by atoms with E-state index < -0.39 is 17.8 Å². The van der Waals surface area contributed by atoms with E-state index in [1.165, 1.54) is 17.2 Å². The number of aromatic nitrogens is 1. The molecular formula is C28H30FN3O3. The van der Waals surface area contributed by atoms with E-state index in [4.69, 9.17) is 4.74 Å². The van der Waals surface area contributed by atoms with Crippen molar-refractivity contribution in [1.29, 1.82) is 0 Å². The number of halogens is 1. The van der Waals surface area contributed by atoms with E-state index in [1.54, 1.807) is 68.6 Å². The first-order chi connectivity index (χ1) is 17.0. The quantitative estimate of drug-likeness (QED) is 0.498. The van der Waals surface area contributed by atoms with Crippen LogP contribution in [0.25, 0.3) is 0 Å². The summed E-state index contributed by atoms with van der Waals surface area (Å²) in [6.07, 6.45) is 6.55. The molecule has 0 saturated heterocycles. The fourth-order valence-corrected chi connectivity index (χ4v) is 4.48. The minimum Gasteiger partial charge on any atom is -0.497 e. The number of hydrogen-bond acceptors (Lipinski definition) is 4. The Balaban J connectivity index is 1.84. The summed E-state index contributed by atoms with van der Waals surface area (Å²) in [4.78, 5) is 33.2. The highest BCUT2D eigenvalue weighted by Gasteiger charge is 2.35. The topological polar surface area (TPSA) is 71.5 Å². The molecule has 1 atom stereocenters. The Bertz CT molecular complexity index is 1180. The van der Waals surface area contributed by atoms with E-state index in [0.717, 1.165) is 32.1 Å². The number of hydrogen-bond donors (Lipinski definition) is 1. The average Bonchev–Trinajstić information content (AvgIpc) is 2.89. The summed E-state index contributed by atoms with van der Waals surface area (Å²) in [5.74, 6) is -0.729. The molecule has 1 N–H and O–H groups in total. The molecule has 2 aromatic carbocycles. The normalized spacial score (nSPS) is 14.7. The molecule has 1 heterocycles. The molecule has 1 aliphatic carbocycles. The zero-order chi connectivity index (χ0) is 24.8. The maximum atomic E-state index is 14.7. The third-order valence-electron chi connectivity index (χ3n) is 6.40. The predicted octanol–water partition coefficient (Wildman–Crippen LogP) is 5.37. The van der Waals surface area contributed by atoms with Gasteiger partial charge in [0.05, 0.1) is 7.11 Å². The number of anilines is 1. The molecule has 182 valence electrons. The van der Waals surface area contributed by atoms with Gasteiger partial charge in [-0.05, 0) is 67.3 Å². The van der Waals surface area contributed by atoms with Crippen LogP contribution in [-0.2, 0) is 4.79 Å². The van der Waals surface area contributed by atoms with Gasteiger partial charge in [-0.2, -0.15) is 0 Å². The molecule has 0 bridgehead atoms. The van der Waals surface area contributed by atoms with Crippen molar-refractivity contribution < 1.29 is 18.7 Å². The second kappa shape index (κ2) is 11.1. The molecule has 1 aromatic heterocycles. The number of benzene rings is 2. The van der Waals surface area contributed by atoms with Gasteiger partial charge in [-0.1, -0.05) is 43.5 Å². The fraction of sp³-hybridized carbons (Fsp3) is 0.321. The van der Waals surface area contributed by atoms with Gasteiger partial charge >= 0.3 is 0 Å². The molecule has 0 unspecified atom stereocenters. The highest BCUT2D eigenvalue weighted by Crippen LogP contribution is 2.32. The van der Waals surface area contributed by atoms with Crippen molar-refractivity contribution in [2.75, 3.05) is 12.0 Å². The lowest BCUT2D eigenvalue weighted by atomic mass is 9.94. The van der Waals surface area contributed by atoms with Gasteiger partial charge < -0.3 is 10.1 Å². The summed E-state index contributed by atoms with van der Waals surface area (Å²) in [6, 6.07) is 15.6. The third kappa shape index (κ3) is 5.67. The molecule has 35 heavy (non-hydrogen) atoms. The predicted molar refractivity (Wildman–Crippen MR) is 133 cm³/mol. The maximum Gasteiger partial charge on any atom is 0.277 e. The van der Waals surface area contributed by atoms with Crippen LogP contribution in [-0.4, -0.2) is 29.9 Å². The number of pyridine rings is 1. The summed E-state index contributed by atoms with van der Waals surface area (Å²) in [7, 11) is 1.54. The van der Waals surface area contributed by atoms with Gasteiger partial charge in [0, 0.05) is 17.9 Å². The first-order valence-corrected chi connectivity index (χ1v) is 11.9. The summed E-state index contributed by atoms with van der Waals surface area (Å²) < 4.78 is 20.1. The number of nitrogens with zero attached hydrogens (tertiary/aromatic N) is 2. The van der Waals surface area contributed by atoms with E-state index in [2.05, 4.69) is 10.3 Å². The number of methoxy groups -OCH3 is 1. The number of carbonyl (C=O) groups is 2. The molecule has 4 rings (SSSR count). The minimum atomic E-state index is -1.05. The van der Waals surface area contributed by atoms with Crippen molar-refractivity contribution in [3.05, 3.63) is 89.5 Å². The number of ether oxygens (including phenoxy) is 1. The monoisotopic (exact) mass is 475 g/mol. The molecule has 1 fully saturated rings. The van der Waals surface area contributed by atoms with Crippen molar-refractivity contribution >= 4 is 17.5 Å². The molecule has 7 heteroatoms. The zero-order valence-corrected chi connectivity index (χ0v) is 20.0. The summed E-state index contributed by atoms with van der Waals surface area (Å²) in [5, 5.41) is 3.15. The van der Waals surface area contributed by atoms with Crippen LogP contribution in [0.2, 0.25) is 0 Å². The Kier molecular flexibility index (Phi) is 7.75. The van der Waals surface area contributed by atoms with E-state index in [-0.39, 0.29) is 23.3 Å². The average molecular weight is 476 g/mol. The van der Waals surface area contributed by atoms with Crippen molar-refractivity contribution in [3.8, 4) is 5.75 Å². The lowest BCUT2D eigenvalue weighted by molar-refractivity contribution is -0.123. The Labute approximate surface area is 205 Å². The number of carbonyl (C=O) groups excluding carboxylic acids is 2. The zero-order valence-electron chi connectivity index (χ0n) is 20.0.